The molecular weight excluding hydrogens is 468 g/mol. The number of hydrogen-bond donors (Lipinski definition) is 1. The minimum atomic E-state index is -3.06. The van der Waals surface area contributed by atoms with Gasteiger partial charge in [-0.2, -0.15) is 0 Å². The molecule has 10 heteroatoms. The SMILES string of the molecule is CCN(C(=O)CSc1nc(Nc2ccccc2Cl)c2ccccc2n1)[C@@H]1CCS(=O)(=O)C1. The zero-order valence-electron chi connectivity index (χ0n) is 17.5. The number of nitrogens with zero attached hydrogens (tertiary/aromatic N) is 3. The normalized spacial score (nSPS) is 17.4. The van der Waals surface area contributed by atoms with Crippen LogP contribution in [0, 0.1) is 0 Å². The number of benzene rings is 2. The van der Waals surface area contributed by atoms with E-state index < -0.39 is 9.84 Å². The molecule has 1 N–H and O–H groups in total. The van der Waals surface area contributed by atoms with E-state index in [1.807, 2.05) is 49.4 Å². The summed E-state index contributed by atoms with van der Waals surface area (Å²) >= 11 is 7.54. The minimum absolute atomic E-state index is 0.0373. The fourth-order valence-corrected chi connectivity index (χ4v) is 6.42. The average molecular weight is 491 g/mol. The molecule has 1 fully saturated rings. The van der Waals surface area contributed by atoms with Crippen molar-refractivity contribution in [1.82, 2.24) is 14.9 Å². The van der Waals surface area contributed by atoms with Crippen LogP contribution < -0.4 is 5.32 Å². The Bertz CT molecular complexity index is 1250. The van der Waals surface area contributed by atoms with Gasteiger partial charge in [-0.25, -0.2) is 18.4 Å². The van der Waals surface area contributed by atoms with Gasteiger partial charge in [0.2, 0.25) is 5.91 Å². The molecule has 1 aromatic heterocycles. The molecule has 32 heavy (non-hydrogen) atoms. The van der Waals surface area contributed by atoms with Crippen molar-refractivity contribution in [2.75, 3.05) is 29.1 Å². The maximum atomic E-state index is 12.9. The molecule has 0 bridgehead atoms. The number of aromatic nitrogens is 2. The number of carbonyl (C=O) groups is 1. The van der Waals surface area contributed by atoms with E-state index in [9.17, 15) is 13.2 Å². The van der Waals surface area contributed by atoms with Gasteiger partial charge in [-0.05, 0) is 37.6 Å². The molecule has 7 nitrogen and oxygen atoms in total. The highest BCUT2D eigenvalue weighted by Crippen LogP contribution is 2.30. The zero-order chi connectivity index (χ0) is 22.7. The van der Waals surface area contributed by atoms with Gasteiger partial charge in [0.05, 0.1) is 33.5 Å². The fourth-order valence-electron chi connectivity index (χ4n) is 3.77. The molecule has 1 aliphatic rings. The van der Waals surface area contributed by atoms with Gasteiger partial charge >= 0.3 is 0 Å². The summed E-state index contributed by atoms with van der Waals surface area (Å²) in [6.45, 7) is 2.34. The number of nitrogens with one attached hydrogen (secondary N) is 1. The third-order valence-corrected chi connectivity index (χ3v) is 8.26. The van der Waals surface area contributed by atoms with Crippen LogP contribution in [0.2, 0.25) is 5.02 Å². The number of thioether (sulfide) groups is 1. The molecule has 2 aromatic carbocycles. The van der Waals surface area contributed by atoms with Crippen molar-refractivity contribution in [1.29, 1.82) is 0 Å². The van der Waals surface area contributed by atoms with Crippen molar-refractivity contribution in [3.8, 4) is 0 Å². The van der Waals surface area contributed by atoms with Gasteiger partial charge in [-0.1, -0.05) is 47.6 Å². The van der Waals surface area contributed by atoms with Crippen LogP contribution in [0.15, 0.2) is 53.7 Å². The standard InChI is InChI=1S/C22H23ClN4O3S2/c1-2-27(15-11-12-32(29,30)14-15)20(28)13-31-22-25-18-9-5-3-7-16(18)21(26-22)24-19-10-6-4-8-17(19)23/h3-10,15H,2,11-14H2,1H3,(H,24,25,26)/t15-/m1/s1. The first kappa shape index (κ1) is 22.8. The monoisotopic (exact) mass is 490 g/mol. The number of amides is 1. The van der Waals surface area contributed by atoms with Crippen LogP contribution in [0.5, 0.6) is 0 Å². The lowest BCUT2D eigenvalue weighted by atomic mass is 10.2. The lowest BCUT2D eigenvalue weighted by Crippen LogP contribution is -2.41. The van der Waals surface area contributed by atoms with Crippen LogP contribution in [0.1, 0.15) is 13.3 Å². The summed E-state index contributed by atoms with van der Waals surface area (Å²) in [5.74, 6) is 0.799. The number of fused-ring (bicyclic) bond motifs is 1. The molecule has 1 aliphatic heterocycles. The van der Waals surface area contributed by atoms with E-state index in [1.54, 1.807) is 11.0 Å². The van der Waals surface area contributed by atoms with Gasteiger partial charge in [-0.15, -0.1) is 0 Å². The molecule has 0 radical (unpaired) electrons. The van der Waals surface area contributed by atoms with E-state index in [0.717, 1.165) is 16.6 Å². The molecule has 1 amide bonds. The number of para-hydroxylation sites is 2. The Balaban J connectivity index is 1.54. The van der Waals surface area contributed by atoms with Gasteiger partial charge in [0.15, 0.2) is 15.0 Å². The zero-order valence-corrected chi connectivity index (χ0v) is 19.9. The second-order valence-electron chi connectivity index (χ2n) is 7.50. The van der Waals surface area contributed by atoms with E-state index in [4.69, 9.17) is 11.6 Å². The average Bonchev–Trinajstić information content (AvgIpc) is 3.13. The molecule has 0 saturated carbocycles. The predicted molar refractivity (Wildman–Crippen MR) is 129 cm³/mol. The highest BCUT2D eigenvalue weighted by atomic mass is 35.5. The summed E-state index contributed by atoms with van der Waals surface area (Å²) in [4.78, 5) is 23.7. The largest absolute Gasteiger partial charge is 0.338 e. The first-order chi connectivity index (χ1) is 15.4. The van der Waals surface area contributed by atoms with Crippen LogP contribution in [-0.2, 0) is 14.6 Å². The van der Waals surface area contributed by atoms with Gasteiger partial charge in [0, 0.05) is 18.0 Å². The minimum Gasteiger partial charge on any atom is -0.338 e. The van der Waals surface area contributed by atoms with Crippen molar-refractivity contribution < 1.29 is 13.2 Å². The van der Waals surface area contributed by atoms with Crippen molar-refractivity contribution in [2.24, 2.45) is 0 Å². The third-order valence-electron chi connectivity index (χ3n) is 5.34. The number of anilines is 2. The summed E-state index contributed by atoms with van der Waals surface area (Å²) in [7, 11) is -3.06. The molecule has 3 aromatic rings. The van der Waals surface area contributed by atoms with Crippen LogP contribution >= 0.6 is 23.4 Å². The third kappa shape index (κ3) is 5.16. The quantitative estimate of drug-likeness (QED) is 0.392. The molecule has 168 valence electrons. The first-order valence-electron chi connectivity index (χ1n) is 10.3. The van der Waals surface area contributed by atoms with E-state index in [0.29, 0.717) is 29.0 Å². The Morgan fingerprint density at radius 3 is 2.66 bits per heavy atom. The second-order valence-corrected chi connectivity index (χ2v) is 11.1. The summed E-state index contributed by atoms with van der Waals surface area (Å²) in [6, 6.07) is 14.8. The first-order valence-corrected chi connectivity index (χ1v) is 13.5. The summed E-state index contributed by atoms with van der Waals surface area (Å²) in [5.41, 5.74) is 1.48. The molecule has 4 rings (SSSR count). The Morgan fingerprint density at radius 2 is 1.94 bits per heavy atom. The van der Waals surface area contributed by atoms with Gasteiger partial charge in [0.25, 0.3) is 0 Å². The van der Waals surface area contributed by atoms with Crippen LogP contribution in [0.4, 0.5) is 11.5 Å². The maximum Gasteiger partial charge on any atom is 0.233 e. The Kier molecular flexibility index (Phi) is 6.88. The van der Waals surface area contributed by atoms with Crippen molar-refractivity contribution in [3.05, 3.63) is 53.6 Å². The van der Waals surface area contributed by atoms with Gasteiger partial charge < -0.3 is 10.2 Å². The molecule has 0 spiro atoms. The molecule has 0 aliphatic carbocycles. The lowest BCUT2D eigenvalue weighted by molar-refractivity contribution is -0.129. The van der Waals surface area contributed by atoms with Crippen molar-refractivity contribution in [3.63, 3.8) is 0 Å². The van der Waals surface area contributed by atoms with Crippen LogP contribution in [0.3, 0.4) is 0 Å². The van der Waals surface area contributed by atoms with Crippen molar-refractivity contribution in [2.45, 2.75) is 24.5 Å². The Labute approximate surface area is 196 Å². The highest BCUT2D eigenvalue weighted by molar-refractivity contribution is 7.99. The highest BCUT2D eigenvalue weighted by Gasteiger charge is 2.33. The van der Waals surface area contributed by atoms with Crippen molar-refractivity contribution >= 4 is 61.5 Å². The molecule has 2 heterocycles. The number of sulfone groups is 1. The topological polar surface area (TPSA) is 92.3 Å². The van der Waals surface area contributed by atoms with Gasteiger partial charge in [0.1, 0.15) is 5.82 Å². The molecule has 1 saturated heterocycles. The Morgan fingerprint density at radius 1 is 1.19 bits per heavy atom. The lowest BCUT2D eigenvalue weighted by Gasteiger charge is -2.26. The summed E-state index contributed by atoms with van der Waals surface area (Å²) in [5, 5.41) is 5.15. The number of halogens is 1. The number of carbonyl (C=O) groups excluding carboxylic acids is 1. The predicted octanol–water partition coefficient (Wildman–Crippen LogP) is 4.15. The number of rotatable bonds is 7. The molecule has 1 atom stereocenters. The fraction of sp³-hybridized carbons (Fsp3) is 0.318. The second kappa shape index (κ2) is 9.64. The van der Waals surface area contributed by atoms with E-state index >= 15 is 0 Å². The van der Waals surface area contributed by atoms with Crippen LogP contribution in [-0.4, -0.2) is 59.0 Å². The summed E-state index contributed by atoms with van der Waals surface area (Å²) in [6.07, 6.45) is 0.491. The number of hydrogen-bond acceptors (Lipinski definition) is 7. The molecule has 0 unspecified atom stereocenters. The maximum absolute atomic E-state index is 12.9. The van der Waals surface area contributed by atoms with Gasteiger partial charge in [-0.3, -0.25) is 4.79 Å². The smallest absolute Gasteiger partial charge is 0.233 e. The van der Waals surface area contributed by atoms with E-state index in [1.165, 1.54) is 11.8 Å². The van der Waals surface area contributed by atoms with E-state index in [2.05, 4.69) is 15.3 Å². The van der Waals surface area contributed by atoms with Crippen LogP contribution in [0.25, 0.3) is 10.9 Å². The Hall–Kier alpha value is -2.36. The summed E-state index contributed by atoms with van der Waals surface area (Å²) < 4.78 is 23.6. The van der Waals surface area contributed by atoms with E-state index in [-0.39, 0.29) is 29.2 Å². The molecular formula is C22H23ClN4O3S2.